The van der Waals surface area contributed by atoms with Crippen molar-refractivity contribution in [2.75, 3.05) is 13.2 Å². The Morgan fingerprint density at radius 1 is 0.973 bits per heavy atom. The summed E-state index contributed by atoms with van der Waals surface area (Å²) >= 11 is 0. The molecule has 1 N–H and O–H groups in total. The summed E-state index contributed by atoms with van der Waals surface area (Å²) in [6.45, 7) is 2.17. The van der Waals surface area contributed by atoms with Gasteiger partial charge in [-0.15, -0.1) is 0 Å². The standard InChI is InChI=1S/C30H36O7/c1-2-28(32)37-29(33)10-6-7-20-11-16-24-25(18-31)27(17-26(24)35-19-20)36-30(34)23-14-12-22(13-15-23)21-8-4-3-5-9-21/h3-5,8-9,12-15,20,24-27,31H,2,6-7,10-11,16-19H2,1H3. The highest BCUT2D eigenvalue weighted by Gasteiger charge is 2.46. The number of carbonyl (C=O) groups excluding carboxylic acids is 3. The van der Waals surface area contributed by atoms with Gasteiger partial charge in [-0.2, -0.15) is 0 Å². The fourth-order valence-corrected chi connectivity index (χ4v) is 5.53. The number of fused-ring (bicyclic) bond motifs is 1. The summed E-state index contributed by atoms with van der Waals surface area (Å²) < 4.78 is 16.8. The van der Waals surface area contributed by atoms with Gasteiger partial charge in [-0.1, -0.05) is 49.4 Å². The maximum absolute atomic E-state index is 12.9. The van der Waals surface area contributed by atoms with Crippen LogP contribution in [-0.2, 0) is 23.8 Å². The predicted octanol–water partition coefficient (Wildman–Crippen LogP) is 4.95. The molecule has 1 saturated heterocycles. The number of esters is 3. The molecule has 37 heavy (non-hydrogen) atoms. The number of aliphatic hydroxyl groups excluding tert-OH is 1. The van der Waals surface area contributed by atoms with Crippen LogP contribution in [-0.4, -0.2) is 48.4 Å². The average Bonchev–Trinajstić information content (AvgIpc) is 3.13. The number of hydrogen-bond acceptors (Lipinski definition) is 7. The van der Waals surface area contributed by atoms with Crippen molar-refractivity contribution in [3.05, 3.63) is 60.2 Å². The number of aliphatic hydroxyl groups is 1. The molecule has 0 radical (unpaired) electrons. The summed E-state index contributed by atoms with van der Waals surface area (Å²) in [4.78, 5) is 35.8. The first kappa shape index (κ1) is 27.0. The van der Waals surface area contributed by atoms with Crippen LogP contribution in [0.15, 0.2) is 54.6 Å². The molecule has 2 aromatic rings. The van der Waals surface area contributed by atoms with Gasteiger partial charge in [0.2, 0.25) is 0 Å². The van der Waals surface area contributed by atoms with Gasteiger partial charge in [-0.05, 0) is 60.8 Å². The van der Waals surface area contributed by atoms with Crippen molar-refractivity contribution in [2.24, 2.45) is 17.8 Å². The molecule has 1 aliphatic heterocycles. The highest BCUT2D eigenvalue weighted by atomic mass is 16.6. The summed E-state index contributed by atoms with van der Waals surface area (Å²) in [7, 11) is 0. The summed E-state index contributed by atoms with van der Waals surface area (Å²) in [5, 5.41) is 10.1. The van der Waals surface area contributed by atoms with Crippen molar-refractivity contribution in [3.63, 3.8) is 0 Å². The Labute approximate surface area is 218 Å². The maximum atomic E-state index is 12.9. The van der Waals surface area contributed by atoms with Gasteiger partial charge in [0.05, 0.1) is 11.7 Å². The highest BCUT2D eigenvalue weighted by Crippen LogP contribution is 2.42. The van der Waals surface area contributed by atoms with Crippen LogP contribution in [0.3, 0.4) is 0 Å². The zero-order chi connectivity index (χ0) is 26.2. The Kier molecular flexibility index (Phi) is 9.47. The monoisotopic (exact) mass is 508 g/mol. The van der Waals surface area contributed by atoms with E-state index in [-0.39, 0.29) is 49.5 Å². The van der Waals surface area contributed by atoms with Gasteiger partial charge in [-0.25, -0.2) is 4.79 Å². The molecule has 5 unspecified atom stereocenters. The first-order valence-corrected chi connectivity index (χ1v) is 13.3. The van der Waals surface area contributed by atoms with E-state index < -0.39 is 11.9 Å². The van der Waals surface area contributed by atoms with Gasteiger partial charge >= 0.3 is 17.9 Å². The molecule has 1 saturated carbocycles. The molecule has 4 rings (SSSR count). The van der Waals surface area contributed by atoms with Crippen LogP contribution >= 0.6 is 0 Å². The summed E-state index contributed by atoms with van der Waals surface area (Å²) in [6.07, 6.45) is 3.79. The van der Waals surface area contributed by atoms with Crippen LogP contribution in [0.2, 0.25) is 0 Å². The average molecular weight is 509 g/mol. The molecule has 2 fully saturated rings. The van der Waals surface area contributed by atoms with Crippen molar-refractivity contribution in [1.29, 1.82) is 0 Å². The van der Waals surface area contributed by atoms with E-state index in [2.05, 4.69) is 0 Å². The molecule has 1 heterocycles. The molecule has 2 aromatic carbocycles. The normalized spacial score (nSPS) is 25.1. The SMILES string of the molecule is CCC(=O)OC(=O)CCCC1CCC2C(CC(OC(=O)c3ccc(-c4ccccc4)cc3)C2CO)OC1. The summed E-state index contributed by atoms with van der Waals surface area (Å²) in [6, 6.07) is 17.4. The second kappa shape index (κ2) is 13.0. The van der Waals surface area contributed by atoms with Crippen molar-refractivity contribution in [1.82, 2.24) is 0 Å². The Morgan fingerprint density at radius 3 is 2.41 bits per heavy atom. The number of hydrogen-bond donors (Lipinski definition) is 1. The van der Waals surface area contributed by atoms with E-state index in [0.29, 0.717) is 30.9 Å². The van der Waals surface area contributed by atoms with Gasteiger partial charge in [-0.3, -0.25) is 9.59 Å². The molecular weight excluding hydrogens is 472 g/mol. The minimum atomic E-state index is -0.495. The van der Waals surface area contributed by atoms with E-state index in [1.165, 1.54) is 0 Å². The topological polar surface area (TPSA) is 99.1 Å². The van der Waals surface area contributed by atoms with Crippen molar-refractivity contribution >= 4 is 17.9 Å². The van der Waals surface area contributed by atoms with Gasteiger partial charge in [0, 0.05) is 38.4 Å². The molecule has 0 spiro atoms. The third kappa shape index (κ3) is 7.05. The van der Waals surface area contributed by atoms with Crippen LogP contribution in [0.25, 0.3) is 11.1 Å². The Hall–Kier alpha value is -3.03. The summed E-state index contributed by atoms with van der Waals surface area (Å²) in [5.74, 6) is -1.08. The van der Waals surface area contributed by atoms with Crippen LogP contribution in [0.1, 0.15) is 62.2 Å². The van der Waals surface area contributed by atoms with Crippen molar-refractivity contribution in [2.45, 2.75) is 64.1 Å². The molecule has 1 aliphatic carbocycles. The second-order valence-corrected chi connectivity index (χ2v) is 10.0. The zero-order valence-electron chi connectivity index (χ0n) is 21.3. The number of rotatable bonds is 9. The lowest BCUT2D eigenvalue weighted by atomic mass is 9.87. The molecule has 0 amide bonds. The van der Waals surface area contributed by atoms with E-state index >= 15 is 0 Å². The van der Waals surface area contributed by atoms with Crippen molar-refractivity contribution in [3.8, 4) is 11.1 Å². The lowest BCUT2D eigenvalue weighted by molar-refractivity contribution is -0.159. The van der Waals surface area contributed by atoms with Crippen LogP contribution < -0.4 is 0 Å². The van der Waals surface area contributed by atoms with E-state index in [9.17, 15) is 19.5 Å². The molecule has 5 atom stereocenters. The fraction of sp³-hybridized carbons (Fsp3) is 0.500. The molecule has 2 aliphatic rings. The zero-order valence-corrected chi connectivity index (χ0v) is 21.3. The van der Waals surface area contributed by atoms with E-state index in [1.54, 1.807) is 19.1 Å². The van der Waals surface area contributed by atoms with Gasteiger partial charge in [0.25, 0.3) is 0 Å². The summed E-state index contributed by atoms with van der Waals surface area (Å²) in [5.41, 5.74) is 2.60. The fourth-order valence-electron chi connectivity index (χ4n) is 5.53. The molecule has 0 bridgehead atoms. The predicted molar refractivity (Wildman–Crippen MR) is 137 cm³/mol. The molecule has 198 valence electrons. The largest absolute Gasteiger partial charge is 0.458 e. The Morgan fingerprint density at radius 2 is 1.70 bits per heavy atom. The maximum Gasteiger partial charge on any atom is 0.338 e. The molecule has 7 heteroatoms. The minimum Gasteiger partial charge on any atom is -0.458 e. The quantitative estimate of drug-likeness (QED) is 0.378. The first-order chi connectivity index (χ1) is 18.0. The van der Waals surface area contributed by atoms with Crippen LogP contribution in [0.4, 0.5) is 0 Å². The smallest absolute Gasteiger partial charge is 0.338 e. The minimum absolute atomic E-state index is 0.0582. The van der Waals surface area contributed by atoms with Gasteiger partial charge in [0.1, 0.15) is 6.10 Å². The molecule has 7 nitrogen and oxygen atoms in total. The van der Waals surface area contributed by atoms with E-state index in [4.69, 9.17) is 14.2 Å². The van der Waals surface area contributed by atoms with Crippen molar-refractivity contribution < 1.29 is 33.7 Å². The van der Waals surface area contributed by atoms with E-state index in [0.717, 1.165) is 30.4 Å². The Balaban J connectivity index is 1.27. The lowest BCUT2D eigenvalue weighted by Crippen LogP contribution is -2.28. The lowest BCUT2D eigenvalue weighted by Gasteiger charge is -2.23. The number of benzene rings is 2. The first-order valence-electron chi connectivity index (χ1n) is 13.3. The van der Waals surface area contributed by atoms with Crippen LogP contribution in [0, 0.1) is 17.8 Å². The van der Waals surface area contributed by atoms with E-state index in [1.807, 2.05) is 42.5 Å². The Bertz CT molecular complexity index is 1050. The molecule has 0 aromatic heterocycles. The van der Waals surface area contributed by atoms with Gasteiger partial charge in [0.15, 0.2) is 0 Å². The third-order valence-corrected chi connectivity index (χ3v) is 7.63. The van der Waals surface area contributed by atoms with Gasteiger partial charge < -0.3 is 19.3 Å². The highest BCUT2D eigenvalue weighted by molar-refractivity contribution is 5.90. The molecular formula is C30H36O7. The van der Waals surface area contributed by atoms with Crippen LogP contribution in [0.5, 0.6) is 0 Å². The number of ether oxygens (including phenoxy) is 3. The second-order valence-electron chi connectivity index (χ2n) is 10.0. The third-order valence-electron chi connectivity index (χ3n) is 7.63. The number of carbonyl (C=O) groups is 3.